The van der Waals surface area contributed by atoms with Crippen molar-refractivity contribution in [2.45, 2.75) is 25.0 Å². The van der Waals surface area contributed by atoms with Crippen molar-refractivity contribution in [2.24, 2.45) is 0 Å². The Bertz CT molecular complexity index is 1130. The van der Waals surface area contributed by atoms with Crippen molar-refractivity contribution in [1.29, 1.82) is 0 Å². The van der Waals surface area contributed by atoms with Crippen LogP contribution in [-0.2, 0) is 0 Å². The van der Waals surface area contributed by atoms with Crippen molar-refractivity contribution in [1.82, 2.24) is 24.1 Å². The van der Waals surface area contributed by atoms with Crippen molar-refractivity contribution >= 4 is 28.4 Å². The smallest absolute Gasteiger partial charge is 0.262 e. The van der Waals surface area contributed by atoms with Gasteiger partial charge in [-0.25, -0.2) is 4.98 Å². The third-order valence-electron chi connectivity index (χ3n) is 4.41. The lowest BCUT2D eigenvalue weighted by atomic mass is 10.1. The molecule has 0 fully saturated rings. The number of rotatable bonds is 3. The van der Waals surface area contributed by atoms with Gasteiger partial charge in [0.1, 0.15) is 0 Å². The zero-order valence-corrected chi connectivity index (χ0v) is 15.0. The number of benzene rings is 1. The minimum atomic E-state index is -0.0676. The predicted molar refractivity (Wildman–Crippen MR) is 99.3 cm³/mol. The summed E-state index contributed by atoms with van der Waals surface area (Å²) in [5.74, 6) is 0.516. The monoisotopic (exact) mass is 351 g/mol. The van der Waals surface area contributed by atoms with Crippen LogP contribution in [0.25, 0.3) is 16.7 Å². The Morgan fingerprint density at radius 2 is 1.88 bits per heavy atom. The molecular formula is C18H17N5OS. The maximum atomic E-state index is 13.1. The minimum Gasteiger partial charge on any atom is -0.308 e. The van der Waals surface area contributed by atoms with Gasteiger partial charge in [0.05, 0.1) is 22.6 Å². The van der Waals surface area contributed by atoms with Crippen molar-refractivity contribution < 1.29 is 0 Å². The van der Waals surface area contributed by atoms with E-state index in [-0.39, 0.29) is 11.6 Å². The van der Waals surface area contributed by atoms with Crippen LogP contribution in [0.4, 0.5) is 0 Å². The highest BCUT2D eigenvalue weighted by Gasteiger charge is 2.16. The van der Waals surface area contributed by atoms with Gasteiger partial charge < -0.3 is 4.57 Å². The van der Waals surface area contributed by atoms with E-state index in [0.717, 1.165) is 11.1 Å². The molecular weight excluding hydrogens is 334 g/mol. The van der Waals surface area contributed by atoms with Crippen molar-refractivity contribution in [3.05, 3.63) is 64.2 Å². The SMILES string of the molecule is CSc1nc2nc(C)c3c(=O)n(C(C)c4ccccc4)ccc3n2n1. The van der Waals surface area contributed by atoms with Crippen LogP contribution in [0.5, 0.6) is 0 Å². The van der Waals surface area contributed by atoms with E-state index < -0.39 is 0 Å². The Balaban J connectivity index is 1.98. The standard InChI is InChI=1S/C18H17N5OS/c1-11-15-14(23-17(19-11)20-18(21-23)25-3)9-10-22(16(15)24)12(2)13-7-5-4-6-8-13/h4-10,12H,1-3H3. The fraction of sp³-hybridized carbons (Fsp3) is 0.222. The third kappa shape index (κ3) is 2.51. The highest BCUT2D eigenvalue weighted by Crippen LogP contribution is 2.20. The number of hydrogen-bond acceptors (Lipinski definition) is 5. The van der Waals surface area contributed by atoms with Crippen molar-refractivity contribution in [3.63, 3.8) is 0 Å². The molecule has 1 atom stereocenters. The van der Waals surface area contributed by atoms with Gasteiger partial charge in [0.25, 0.3) is 11.3 Å². The first kappa shape index (κ1) is 15.8. The molecule has 0 aliphatic carbocycles. The molecule has 4 aromatic rings. The van der Waals surface area contributed by atoms with Crippen molar-refractivity contribution in [3.8, 4) is 0 Å². The van der Waals surface area contributed by atoms with Crippen LogP contribution in [0.15, 0.2) is 52.5 Å². The van der Waals surface area contributed by atoms with Gasteiger partial charge >= 0.3 is 0 Å². The van der Waals surface area contributed by atoms with Crippen LogP contribution in [-0.4, -0.2) is 30.4 Å². The largest absolute Gasteiger partial charge is 0.308 e. The van der Waals surface area contributed by atoms with Crippen LogP contribution in [0.3, 0.4) is 0 Å². The number of aryl methyl sites for hydroxylation is 1. The Morgan fingerprint density at radius 1 is 1.12 bits per heavy atom. The van der Waals surface area contributed by atoms with Gasteiger partial charge in [-0.15, -0.1) is 5.10 Å². The molecule has 25 heavy (non-hydrogen) atoms. The quantitative estimate of drug-likeness (QED) is 0.531. The van der Waals surface area contributed by atoms with E-state index in [1.165, 1.54) is 11.8 Å². The van der Waals surface area contributed by atoms with Crippen LogP contribution >= 0.6 is 11.8 Å². The summed E-state index contributed by atoms with van der Waals surface area (Å²) < 4.78 is 3.39. The van der Waals surface area contributed by atoms with Crippen LogP contribution in [0.2, 0.25) is 0 Å². The molecule has 4 rings (SSSR count). The first-order valence-electron chi connectivity index (χ1n) is 7.97. The van der Waals surface area contributed by atoms with E-state index in [1.54, 1.807) is 9.08 Å². The number of aromatic nitrogens is 5. The van der Waals surface area contributed by atoms with E-state index in [2.05, 4.69) is 15.1 Å². The summed E-state index contributed by atoms with van der Waals surface area (Å²) in [5.41, 5.74) is 2.42. The van der Waals surface area contributed by atoms with Crippen LogP contribution < -0.4 is 5.56 Å². The van der Waals surface area contributed by atoms with E-state index in [0.29, 0.717) is 22.0 Å². The highest BCUT2D eigenvalue weighted by molar-refractivity contribution is 7.98. The normalized spacial score (nSPS) is 12.8. The summed E-state index contributed by atoms with van der Waals surface area (Å²) in [7, 11) is 0. The van der Waals surface area contributed by atoms with Gasteiger partial charge in [0, 0.05) is 6.20 Å². The van der Waals surface area contributed by atoms with Gasteiger partial charge in [-0.3, -0.25) is 4.79 Å². The molecule has 6 nitrogen and oxygen atoms in total. The van der Waals surface area contributed by atoms with E-state index in [1.807, 2.05) is 62.7 Å². The second-order valence-electron chi connectivity index (χ2n) is 5.88. The second kappa shape index (κ2) is 6.00. The third-order valence-corrected chi connectivity index (χ3v) is 4.95. The number of pyridine rings is 1. The van der Waals surface area contributed by atoms with Crippen molar-refractivity contribution in [2.75, 3.05) is 6.26 Å². The van der Waals surface area contributed by atoms with Gasteiger partial charge in [-0.05, 0) is 31.7 Å². The molecule has 0 radical (unpaired) electrons. The molecule has 0 aliphatic heterocycles. The average molecular weight is 351 g/mol. The van der Waals surface area contributed by atoms with Gasteiger partial charge in [0.2, 0.25) is 5.16 Å². The predicted octanol–water partition coefficient (Wildman–Crippen LogP) is 3.08. The summed E-state index contributed by atoms with van der Waals surface area (Å²) in [5, 5.41) is 5.65. The molecule has 1 unspecified atom stereocenters. The zero-order chi connectivity index (χ0) is 17.6. The maximum absolute atomic E-state index is 13.1. The molecule has 0 saturated carbocycles. The van der Waals surface area contributed by atoms with Gasteiger partial charge in [-0.1, -0.05) is 42.1 Å². The summed E-state index contributed by atoms with van der Waals surface area (Å²) in [6.07, 6.45) is 3.74. The fourth-order valence-corrected chi connectivity index (χ4v) is 3.40. The Labute approximate surface area is 148 Å². The molecule has 0 N–H and O–H groups in total. The number of nitrogens with zero attached hydrogens (tertiary/aromatic N) is 5. The maximum Gasteiger partial charge on any atom is 0.262 e. The number of thioether (sulfide) groups is 1. The molecule has 0 bridgehead atoms. The molecule has 7 heteroatoms. The van der Waals surface area contributed by atoms with Gasteiger partial charge in [-0.2, -0.15) is 9.50 Å². The summed E-state index contributed by atoms with van der Waals surface area (Å²) in [6.45, 7) is 3.86. The average Bonchev–Trinajstić information content (AvgIpc) is 3.05. The van der Waals surface area contributed by atoms with E-state index in [4.69, 9.17) is 0 Å². The second-order valence-corrected chi connectivity index (χ2v) is 6.66. The lowest BCUT2D eigenvalue weighted by Gasteiger charge is -2.16. The molecule has 0 saturated heterocycles. The lowest BCUT2D eigenvalue weighted by Crippen LogP contribution is -2.25. The Hall–Kier alpha value is -2.67. The number of hydrogen-bond donors (Lipinski definition) is 0. The summed E-state index contributed by atoms with van der Waals surface area (Å²) in [6, 6.07) is 11.8. The molecule has 126 valence electrons. The van der Waals surface area contributed by atoms with E-state index in [9.17, 15) is 4.79 Å². The molecule has 0 spiro atoms. The fourth-order valence-electron chi connectivity index (χ4n) is 3.07. The molecule has 0 amide bonds. The molecule has 0 aliphatic rings. The first-order chi connectivity index (χ1) is 12.1. The molecule has 1 aromatic carbocycles. The number of fused-ring (bicyclic) bond motifs is 3. The van der Waals surface area contributed by atoms with E-state index >= 15 is 0 Å². The lowest BCUT2D eigenvalue weighted by molar-refractivity contribution is 0.618. The molecule has 3 heterocycles. The first-order valence-corrected chi connectivity index (χ1v) is 9.20. The minimum absolute atomic E-state index is 0.0642. The molecule has 3 aromatic heterocycles. The topological polar surface area (TPSA) is 65.1 Å². The Kier molecular flexibility index (Phi) is 3.80. The Morgan fingerprint density at radius 3 is 2.60 bits per heavy atom. The zero-order valence-electron chi connectivity index (χ0n) is 14.2. The van der Waals surface area contributed by atoms with Crippen LogP contribution in [0.1, 0.15) is 24.2 Å². The highest BCUT2D eigenvalue weighted by atomic mass is 32.2. The summed E-state index contributed by atoms with van der Waals surface area (Å²) in [4.78, 5) is 22.0. The van der Waals surface area contributed by atoms with Gasteiger partial charge in [0.15, 0.2) is 0 Å². The van der Waals surface area contributed by atoms with Crippen LogP contribution in [0, 0.1) is 6.92 Å². The summed E-state index contributed by atoms with van der Waals surface area (Å²) >= 11 is 1.45.